The summed E-state index contributed by atoms with van der Waals surface area (Å²) in [5.41, 5.74) is 1.14. The fourth-order valence-corrected chi connectivity index (χ4v) is 1.67. The molecule has 0 radical (unpaired) electrons. The second-order valence-corrected chi connectivity index (χ2v) is 3.97. The summed E-state index contributed by atoms with van der Waals surface area (Å²) in [5, 5.41) is 3.23. The van der Waals surface area contributed by atoms with Gasteiger partial charge in [-0.3, -0.25) is 9.78 Å². The molecule has 0 saturated carbocycles. The summed E-state index contributed by atoms with van der Waals surface area (Å²) in [6.07, 6.45) is 3.52. The summed E-state index contributed by atoms with van der Waals surface area (Å²) in [6.45, 7) is 8.11. The van der Waals surface area contributed by atoms with Gasteiger partial charge in [-0.15, -0.1) is 0 Å². The third-order valence-electron chi connectivity index (χ3n) is 2.81. The van der Waals surface area contributed by atoms with Crippen molar-refractivity contribution in [3.8, 4) is 0 Å². The van der Waals surface area contributed by atoms with Crippen molar-refractivity contribution in [1.82, 2.24) is 15.2 Å². The Morgan fingerprint density at radius 1 is 1.35 bits per heavy atom. The van der Waals surface area contributed by atoms with Crippen LogP contribution in [0.5, 0.6) is 0 Å². The normalized spacial score (nSPS) is 12.2. The van der Waals surface area contributed by atoms with E-state index in [4.69, 9.17) is 0 Å². The topological polar surface area (TPSA) is 45.2 Å². The Morgan fingerprint density at radius 3 is 2.47 bits per heavy atom. The lowest BCUT2D eigenvalue weighted by atomic mass is 10.2. The molecule has 0 aliphatic heterocycles. The number of hydrogen-bond acceptors (Lipinski definition) is 3. The Hall–Kier alpha value is -1.42. The van der Waals surface area contributed by atoms with E-state index in [-0.39, 0.29) is 11.9 Å². The van der Waals surface area contributed by atoms with Crippen molar-refractivity contribution in [1.29, 1.82) is 0 Å². The van der Waals surface area contributed by atoms with Crippen molar-refractivity contribution < 1.29 is 4.79 Å². The number of carbonyl (C=O) groups excluding carboxylic acids is 1. The zero-order valence-corrected chi connectivity index (χ0v) is 10.8. The van der Waals surface area contributed by atoms with Crippen molar-refractivity contribution in [2.24, 2.45) is 0 Å². The van der Waals surface area contributed by atoms with Crippen molar-refractivity contribution >= 4 is 5.91 Å². The Balaban J connectivity index is 2.44. The van der Waals surface area contributed by atoms with Crippen LogP contribution in [0.25, 0.3) is 0 Å². The molecule has 1 N–H and O–H groups in total. The molecule has 94 valence electrons. The summed E-state index contributed by atoms with van der Waals surface area (Å²) >= 11 is 0. The van der Waals surface area contributed by atoms with Crippen LogP contribution in [0.2, 0.25) is 0 Å². The molecule has 4 heteroatoms. The number of rotatable bonds is 6. The second kappa shape index (κ2) is 7.01. The molecule has 1 heterocycles. The standard InChI is InChI=1S/C13H21N3O/c1-4-16(5-2)13(17)11(3)15-10-12-6-8-14-9-7-12/h6-9,11,15H,4-5,10H2,1-3H3. The molecular formula is C13H21N3O. The average molecular weight is 235 g/mol. The number of aromatic nitrogens is 1. The van der Waals surface area contributed by atoms with E-state index in [1.54, 1.807) is 12.4 Å². The molecule has 0 spiro atoms. The fourth-order valence-electron chi connectivity index (χ4n) is 1.67. The molecule has 0 fully saturated rings. The van der Waals surface area contributed by atoms with Gasteiger partial charge >= 0.3 is 0 Å². The van der Waals surface area contributed by atoms with Crippen molar-refractivity contribution in [3.05, 3.63) is 30.1 Å². The predicted molar refractivity (Wildman–Crippen MR) is 68.5 cm³/mol. The van der Waals surface area contributed by atoms with Crippen molar-refractivity contribution in [3.63, 3.8) is 0 Å². The van der Waals surface area contributed by atoms with Crippen LogP contribution >= 0.6 is 0 Å². The van der Waals surface area contributed by atoms with Crippen molar-refractivity contribution in [2.45, 2.75) is 33.4 Å². The van der Waals surface area contributed by atoms with E-state index in [0.717, 1.165) is 18.7 Å². The summed E-state index contributed by atoms with van der Waals surface area (Å²) in [4.78, 5) is 17.8. The highest BCUT2D eigenvalue weighted by Crippen LogP contribution is 1.99. The first-order valence-corrected chi connectivity index (χ1v) is 6.10. The first-order chi connectivity index (χ1) is 8.19. The van der Waals surface area contributed by atoms with Crippen LogP contribution in [0.3, 0.4) is 0 Å². The maximum Gasteiger partial charge on any atom is 0.239 e. The fraction of sp³-hybridized carbons (Fsp3) is 0.538. The van der Waals surface area contributed by atoms with Gasteiger partial charge in [0.25, 0.3) is 0 Å². The molecule has 1 rings (SSSR count). The smallest absolute Gasteiger partial charge is 0.239 e. The lowest BCUT2D eigenvalue weighted by Crippen LogP contribution is -2.44. The van der Waals surface area contributed by atoms with Crippen molar-refractivity contribution in [2.75, 3.05) is 13.1 Å². The predicted octanol–water partition coefficient (Wildman–Crippen LogP) is 1.43. The highest BCUT2D eigenvalue weighted by molar-refractivity contribution is 5.81. The van der Waals surface area contributed by atoms with Crippen LogP contribution < -0.4 is 5.32 Å². The molecule has 1 amide bonds. The Kier molecular flexibility index (Phi) is 5.63. The number of hydrogen-bond donors (Lipinski definition) is 1. The Bertz CT molecular complexity index is 336. The number of pyridine rings is 1. The molecule has 0 aliphatic carbocycles. The zero-order valence-electron chi connectivity index (χ0n) is 10.8. The number of nitrogens with one attached hydrogen (secondary N) is 1. The summed E-state index contributed by atoms with van der Waals surface area (Å²) in [6, 6.07) is 3.74. The first kappa shape index (κ1) is 13.6. The van der Waals surface area contributed by atoms with Gasteiger partial charge in [0.15, 0.2) is 0 Å². The summed E-state index contributed by atoms with van der Waals surface area (Å²) < 4.78 is 0. The Morgan fingerprint density at radius 2 is 1.94 bits per heavy atom. The van der Waals surface area contributed by atoms with E-state index in [1.165, 1.54) is 0 Å². The van der Waals surface area contributed by atoms with E-state index in [9.17, 15) is 4.79 Å². The van der Waals surface area contributed by atoms with Gasteiger partial charge in [-0.25, -0.2) is 0 Å². The average Bonchev–Trinajstić information content (AvgIpc) is 2.38. The lowest BCUT2D eigenvalue weighted by molar-refractivity contribution is -0.132. The molecule has 17 heavy (non-hydrogen) atoms. The van der Waals surface area contributed by atoms with Gasteiger partial charge in [-0.1, -0.05) is 0 Å². The minimum absolute atomic E-state index is 0.150. The van der Waals surface area contributed by atoms with Gasteiger partial charge in [0, 0.05) is 32.0 Å². The van der Waals surface area contributed by atoms with Crippen LogP contribution in [-0.2, 0) is 11.3 Å². The van der Waals surface area contributed by atoms with E-state index >= 15 is 0 Å². The van der Waals surface area contributed by atoms with Gasteiger partial charge in [0.2, 0.25) is 5.91 Å². The molecule has 1 atom stereocenters. The van der Waals surface area contributed by atoms with E-state index < -0.39 is 0 Å². The zero-order chi connectivity index (χ0) is 12.7. The third kappa shape index (κ3) is 4.15. The molecule has 0 aliphatic rings. The molecule has 1 aromatic rings. The molecule has 0 aromatic carbocycles. The van der Waals surface area contributed by atoms with Crippen LogP contribution in [-0.4, -0.2) is 34.9 Å². The quantitative estimate of drug-likeness (QED) is 0.811. The highest BCUT2D eigenvalue weighted by atomic mass is 16.2. The molecule has 4 nitrogen and oxygen atoms in total. The molecular weight excluding hydrogens is 214 g/mol. The Labute approximate surface area is 103 Å². The van der Waals surface area contributed by atoms with Crippen LogP contribution in [0.15, 0.2) is 24.5 Å². The second-order valence-electron chi connectivity index (χ2n) is 3.97. The van der Waals surface area contributed by atoms with Gasteiger partial charge in [-0.2, -0.15) is 0 Å². The monoisotopic (exact) mass is 235 g/mol. The van der Waals surface area contributed by atoms with Crippen LogP contribution in [0, 0.1) is 0 Å². The minimum atomic E-state index is -0.150. The number of amides is 1. The van der Waals surface area contributed by atoms with E-state index in [0.29, 0.717) is 6.54 Å². The molecule has 0 saturated heterocycles. The maximum absolute atomic E-state index is 12.0. The lowest BCUT2D eigenvalue weighted by Gasteiger charge is -2.23. The molecule has 1 unspecified atom stereocenters. The van der Waals surface area contributed by atoms with Gasteiger partial charge < -0.3 is 10.2 Å². The molecule has 0 bridgehead atoms. The highest BCUT2D eigenvalue weighted by Gasteiger charge is 2.16. The largest absolute Gasteiger partial charge is 0.342 e. The third-order valence-corrected chi connectivity index (χ3v) is 2.81. The first-order valence-electron chi connectivity index (χ1n) is 6.10. The number of nitrogens with zero attached hydrogens (tertiary/aromatic N) is 2. The number of carbonyl (C=O) groups is 1. The van der Waals surface area contributed by atoms with E-state index in [2.05, 4.69) is 10.3 Å². The number of likely N-dealkylation sites (N-methyl/N-ethyl adjacent to an activating group) is 1. The van der Waals surface area contributed by atoms with Gasteiger partial charge in [0.1, 0.15) is 0 Å². The molecule has 1 aromatic heterocycles. The van der Waals surface area contributed by atoms with Gasteiger partial charge in [0.05, 0.1) is 6.04 Å². The SMILES string of the molecule is CCN(CC)C(=O)C(C)NCc1ccncc1. The maximum atomic E-state index is 12.0. The van der Waals surface area contributed by atoms with Crippen LogP contribution in [0.4, 0.5) is 0 Å². The van der Waals surface area contributed by atoms with Crippen LogP contribution in [0.1, 0.15) is 26.3 Å². The van der Waals surface area contributed by atoms with E-state index in [1.807, 2.05) is 37.8 Å². The summed E-state index contributed by atoms with van der Waals surface area (Å²) in [5.74, 6) is 0.157. The van der Waals surface area contributed by atoms with Gasteiger partial charge in [-0.05, 0) is 38.5 Å². The summed E-state index contributed by atoms with van der Waals surface area (Å²) in [7, 11) is 0. The minimum Gasteiger partial charge on any atom is -0.342 e.